The highest BCUT2D eigenvalue weighted by Gasteiger charge is 1.97. The lowest BCUT2D eigenvalue weighted by Crippen LogP contribution is -2.32. The van der Waals surface area contributed by atoms with E-state index in [2.05, 4.69) is 13.8 Å². The van der Waals surface area contributed by atoms with Crippen LogP contribution in [0.1, 0.15) is 117 Å². The van der Waals surface area contributed by atoms with Gasteiger partial charge in [-0.1, -0.05) is 97.8 Å². The van der Waals surface area contributed by atoms with Crippen LogP contribution in [0.25, 0.3) is 0 Å². The summed E-state index contributed by atoms with van der Waals surface area (Å²) in [5.41, 5.74) is 5.11. The molecule has 0 aliphatic heterocycles. The van der Waals surface area contributed by atoms with E-state index < -0.39 is 0 Å². The summed E-state index contributed by atoms with van der Waals surface area (Å²) in [7, 11) is 3.31. The summed E-state index contributed by atoms with van der Waals surface area (Å²) in [4.78, 5) is 10.6. The van der Waals surface area contributed by atoms with E-state index in [1.807, 2.05) is 6.92 Å². The number of unbranched alkanes of at least 4 members (excludes halogenated alkanes) is 11. The first-order valence-corrected chi connectivity index (χ1v) is 11.5. The highest BCUT2D eigenvalue weighted by atomic mass is 16.5. The van der Waals surface area contributed by atoms with Crippen LogP contribution in [0.15, 0.2) is 0 Å². The van der Waals surface area contributed by atoms with Crippen LogP contribution in [-0.4, -0.2) is 31.2 Å². The van der Waals surface area contributed by atoms with Gasteiger partial charge in [0.2, 0.25) is 5.91 Å². The molecule has 0 saturated carbocycles. The zero-order valence-electron chi connectivity index (χ0n) is 19.2. The average Bonchev–Trinajstić information content (AvgIpc) is 2.54. The number of hydrogen-bond donors (Lipinski definition) is 1. The van der Waals surface area contributed by atoms with E-state index in [0.717, 1.165) is 25.3 Å². The molecule has 0 aromatic rings. The lowest BCUT2D eigenvalue weighted by Gasteiger charge is -2.33. The molecule has 0 aliphatic carbocycles. The van der Waals surface area contributed by atoms with E-state index in [1.165, 1.54) is 77.0 Å². The SMILES string of the molecule is CC(C)CCCCCCCCCCCCCCC(N)=O.CCC[N+](C)(C)[O-]. The van der Waals surface area contributed by atoms with Crippen molar-refractivity contribution in [2.45, 2.75) is 117 Å². The Hall–Kier alpha value is -0.610. The monoisotopic (exact) mass is 386 g/mol. The summed E-state index contributed by atoms with van der Waals surface area (Å²) >= 11 is 0. The number of amides is 1. The van der Waals surface area contributed by atoms with E-state index >= 15 is 0 Å². The van der Waals surface area contributed by atoms with Crippen molar-refractivity contribution < 1.29 is 9.44 Å². The molecular formula is C23H50N2O2. The molecule has 0 fully saturated rings. The Bertz CT molecular complexity index is 312. The van der Waals surface area contributed by atoms with Crippen LogP contribution in [0.4, 0.5) is 0 Å². The number of carbonyl (C=O) groups is 1. The Balaban J connectivity index is 0. The van der Waals surface area contributed by atoms with E-state index in [9.17, 15) is 10.0 Å². The van der Waals surface area contributed by atoms with E-state index in [-0.39, 0.29) is 10.6 Å². The molecule has 0 aliphatic rings. The molecule has 0 aromatic heterocycles. The van der Waals surface area contributed by atoms with Gasteiger partial charge in [0.05, 0.1) is 20.6 Å². The number of nitrogens with two attached hydrogens (primary N) is 1. The summed E-state index contributed by atoms with van der Waals surface area (Å²) in [5, 5.41) is 10.6. The van der Waals surface area contributed by atoms with Gasteiger partial charge < -0.3 is 15.6 Å². The molecule has 4 heteroatoms. The van der Waals surface area contributed by atoms with Crippen LogP contribution in [0, 0.1) is 11.1 Å². The van der Waals surface area contributed by atoms with Crippen LogP contribution in [0.5, 0.6) is 0 Å². The molecule has 0 saturated heterocycles. The van der Waals surface area contributed by atoms with Crippen LogP contribution < -0.4 is 5.73 Å². The predicted octanol–water partition coefficient (Wildman–Crippen LogP) is 6.56. The second-order valence-electron chi connectivity index (χ2n) is 8.94. The van der Waals surface area contributed by atoms with Gasteiger partial charge in [-0.2, -0.15) is 0 Å². The molecule has 0 radical (unpaired) electrons. The van der Waals surface area contributed by atoms with Crippen LogP contribution in [0.3, 0.4) is 0 Å². The van der Waals surface area contributed by atoms with Gasteiger partial charge in [-0.15, -0.1) is 0 Å². The largest absolute Gasteiger partial charge is 0.633 e. The molecule has 164 valence electrons. The average molecular weight is 387 g/mol. The topological polar surface area (TPSA) is 66.2 Å². The van der Waals surface area contributed by atoms with Crippen molar-refractivity contribution in [1.82, 2.24) is 0 Å². The maximum absolute atomic E-state index is 10.6. The summed E-state index contributed by atoms with van der Waals surface area (Å²) in [5.74, 6) is 0.719. The van der Waals surface area contributed by atoms with Gasteiger partial charge in [-0.25, -0.2) is 0 Å². The fourth-order valence-corrected chi connectivity index (χ4v) is 3.16. The lowest BCUT2D eigenvalue weighted by molar-refractivity contribution is -0.839. The van der Waals surface area contributed by atoms with Crippen molar-refractivity contribution in [3.8, 4) is 0 Å². The van der Waals surface area contributed by atoms with Crippen LogP contribution in [-0.2, 0) is 4.79 Å². The van der Waals surface area contributed by atoms with Crippen molar-refractivity contribution in [2.24, 2.45) is 11.7 Å². The van der Waals surface area contributed by atoms with Crippen molar-refractivity contribution >= 4 is 5.91 Å². The second-order valence-corrected chi connectivity index (χ2v) is 8.94. The minimum Gasteiger partial charge on any atom is -0.633 e. The number of hydroxylamine groups is 3. The van der Waals surface area contributed by atoms with Gasteiger partial charge in [0, 0.05) is 6.42 Å². The van der Waals surface area contributed by atoms with Crippen molar-refractivity contribution in [3.05, 3.63) is 5.21 Å². The fourth-order valence-electron chi connectivity index (χ4n) is 3.16. The van der Waals surface area contributed by atoms with Crippen LogP contribution in [0.2, 0.25) is 0 Å². The zero-order chi connectivity index (χ0) is 21.0. The minimum atomic E-state index is -0.156. The first-order valence-electron chi connectivity index (χ1n) is 11.5. The summed E-state index contributed by atoms with van der Waals surface area (Å²) in [6.07, 6.45) is 19.0. The molecule has 0 aromatic carbocycles. The normalized spacial score (nSPS) is 11.4. The Morgan fingerprint density at radius 1 is 0.815 bits per heavy atom. The van der Waals surface area contributed by atoms with Crippen LogP contribution >= 0.6 is 0 Å². The number of carbonyl (C=O) groups excluding carboxylic acids is 1. The third-order valence-electron chi connectivity index (χ3n) is 4.72. The number of hydrogen-bond acceptors (Lipinski definition) is 2. The Morgan fingerprint density at radius 3 is 1.44 bits per heavy atom. The van der Waals surface area contributed by atoms with Crippen molar-refractivity contribution in [3.63, 3.8) is 0 Å². The smallest absolute Gasteiger partial charge is 0.217 e. The molecule has 4 nitrogen and oxygen atoms in total. The Kier molecular flexibility index (Phi) is 21.3. The first kappa shape index (κ1) is 28.6. The highest BCUT2D eigenvalue weighted by Crippen LogP contribution is 2.14. The highest BCUT2D eigenvalue weighted by molar-refractivity contribution is 5.73. The molecule has 0 unspecified atom stereocenters. The van der Waals surface area contributed by atoms with Gasteiger partial charge in [0.15, 0.2) is 0 Å². The number of quaternary nitrogens is 1. The van der Waals surface area contributed by atoms with Gasteiger partial charge in [0.1, 0.15) is 0 Å². The van der Waals surface area contributed by atoms with Crippen molar-refractivity contribution in [2.75, 3.05) is 20.6 Å². The minimum absolute atomic E-state index is 0.154. The third-order valence-corrected chi connectivity index (χ3v) is 4.72. The maximum atomic E-state index is 10.6. The van der Waals surface area contributed by atoms with Crippen molar-refractivity contribution in [1.29, 1.82) is 0 Å². The van der Waals surface area contributed by atoms with Gasteiger partial charge >= 0.3 is 0 Å². The molecule has 0 atom stereocenters. The van der Waals surface area contributed by atoms with Gasteiger partial charge in [-0.3, -0.25) is 4.79 Å². The fraction of sp³-hybridized carbons (Fsp3) is 0.957. The summed E-state index contributed by atoms with van der Waals surface area (Å²) < 4.78 is -0.156. The third kappa shape index (κ3) is 33.4. The maximum Gasteiger partial charge on any atom is 0.217 e. The summed E-state index contributed by atoms with van der Waals surface area (Å²) in [6.45, 7) is 7.36. The number of nitrogens with zero attached hydrogens (tertiary/aromatic N) is 1. The predicted molar refractivity (Wildman–Crippen MR) is 119 cm³/mol. The Morgan fingerprint density at radius 2 is 1.19 bits per heavy atom. The summed E-state index contributed by atoms with van der Waals surface area (Å²) in [6, 6.07) is 0. The standard InChI is InChI=1S/C18H37NO.C5H13NO/c1-17(2)15-13-11-9-7-5-3-4-6-8-10-12-14-16-18(19)20;1-4-5-6(2,3)7/h17H,3-16H2,1-2H3,(H2,19,20);4-5H2,1-3H3. The number of primary amides is 1. The zero-order valence-corrected chi connectivity index (χ0v) is 19.2. The van der Waals surface area contributed by atoms with E-state index in [0.29, 0.717) is 6.42 Å². The molecular weight excluding hydrogens is 336 g/mol. The first-order chi connectivity index (χ1) is 12.7. The van der Waals surface area contributed by atoms with Gasteiger partial charge in [0.25, 0.3) is 0 Å². The molecule has 2 N–H and O–H groups in total. The molecule has 0 bridgehead atoms. The Labute approximate surface area is 170 Å². The molecule has 1 amide bonds. The molecule has 0 rings (SSSR count). The van der Waals surface area contributed by atoms with Gasteiger partial charge in [-0.05, 0) is 18.8 Å². The molecule has 27 heavy (non-hydrogen) atoms. The lowest BCUT2D eigenvalue weighted by atomic mass is 10.0. The number of rotatable bonds is 17. The molecule has 0 spiro atoms. The molecule has 0 heterocycles. The quantitative estimate of drug-likeness (QED) is 0.175. The van der Waals surface area contributed by atoms with E-state index in [4.69, 9.17) is 5.73 Å². The van der Waals surface area contributed by atoms with E-state index in [1.54, 1.807) is 14.1 Å². The second kappa shape index (κ2) is 20.1.